The summed E-state index contributed by atoms with van der Waals surface area (Å²) in [7, 11) is 3.33. The maximum absolute atomic E-state index is 13.4. The van der Waals surface area contributed by atoms with Crippen LogP contribution in [0.25, 0.3) is 0 Å². The number of carbonyl (C=O) groups excluding carboxylic acids is 2. The third-order valence-electron chi connectivity index (χ3n) is 4.73. The molecule has 9 heteroatoms. The van der Waals surface area contributed by atoms with Gasteiger partial charge >= 0.3 is 12.2 Å². The summed E-state index contributed by atoms with van der Waals surface area (Å²) in [6.45, 7) is 4.15. The molecule has 2 rings (SSSR count). The first-order chi connectivity index (χ1) is 13.5. The van der Waals surface area contributed by atoms with Crippen LogP contribution in [0.4, 0.5) is 18.0 Å². The number of hydrogen-bond donors (Lipinski definition) is 1. The Morgan fingerprint density at radius 2 is 1.86 bits per heavy atom. The summed E-state index contributed by atoms with van der Waals surface area (Å²) in [5.74, 6) is -0.475. The minimum absolute atomic E-state index is 0.0119. The lowest BCUT2D eigenvalue weighted by Crippen LogP contribution is -2.46. The maximum atomic E-state index is 13.4. The van der Waals surface area contributed by atoms with Crippen LogP contribution in [0.1, 0.15) is 37.8 Å². The van der Waals surface area contributed by atoms with Gasteiger partial charge in [-0.2, -0.15) is 13.2 Å². The number of carbonyl (C=O) groups is 2. The molecule has 3 amide bonds. The average molecular weight is 415 g/mol. The zero-order valence-electron chi connectivity index (χ0n) is 17.2. The maximum Gasteiger partial charge on any atom is 0.416 e. The molecule has 1 fully saturated rings. The molecule has 1 aromatic rings. The SMILES string of the molecule is CC(C)Oc1ccc(CNC(=O)C2CCN(C(=O)N(C)C)CC2)c(C(F)(F)F)c1. The highest BCUT2D eigenvalue weighted by molar-refractivity contribution is 5.79. The van der Waals surface area contributed by atoms with Crippen LogP contribution in [0.3, 0.4) is 0 Å². The van der Waals surface area contributed by atoms with Crippen LogP contribution in [0.5, 0.6) is 5.75 Å². The number of likely N-dealkylation sites (tertiary alicyclic amines) is 1. The Morgan fingerprint density at radius 3 is 2.38 bits per heavy atom. The number of hydrogen-bond acceptors (Lipinski definition) is 3. The monoisotopic (exact) mass is 415 g/mol. The Labute approximate surface area is 169 Å². The van der Waals surface area contributed by atoms with Crippen LogP contribution < -0.4 is 10.1 Å². The lowest BCUT2D eigenvalue weighted by atomic mass is 9.96. The average Bonchev–Trinajstić information content (AvgIpc) is 2.65. The van der Waals surface area contributed by atoms with Crippen LogP contribution in [0.15, 0.2) is 18.2 Å². The van der Waals surface area contributed by atoms with Crippen LogP contribution >= 0.6 is 0 Å². The Morgan fingerprint density at radius 1 is 1.24 bits per heavy atom. The van der Waals surface area contributed by atoms with E-state index < -0.39 is 11.7 Å². The first-order valence-electron chi connectivity index (χ1n) is 9.59. The fraction of sp³-hybridized carbons (Fsp3) is 0.600. The van der Waals surface area contributed by atoms with Gasteiger partial charge in [-0.1, -0.05) is 6.07 Å². The second kappa shape index (κ2) is 9.37. The van der Waals surface area contributed by atoms with Gasteiger partial charge in [0.1, 0.15) is 5.75 Å². The van der Waals surface area contributed by atoms with Crippen molar-refractivity contribution in [2.75, 3.05) is 27.2 Å². The quantitative estimate of drug-likeness (QED) is 0.801. The largest absolute Gasteiger partial charge is 0.491 e. The number of ether oxygens (including phenoxy) is 1. The molecule has 0 aromatic heterocycles. The van der Waals surface area contributed by atoms with E-state index in [0.717, 1.165) is 6.07 Å². The molecule has 1 aromatic carbocycles. The van der Waals surface area contributed by atoms with Crippen molar-refractivity contribution >= 4 is 11.9 Å². The number of benzene rings is 1. The Kier molecular flexibility index (Phi) is 7.37. The van der Waals surface area contributed by atoms with Crippen molar-refractivity contribution in [3.05, 3.63) is 29.3 Å². The minimum Gasteiger partial charge on any atom is -0.491 e. The zero-order valence-corrected chi connectivity index (χ0v) is 17.2. The molecule has 1 aliphatic rings. The lowest BCUT2D eigenvalue weighted by Gasteiger charge is -2.33. The van der Waals surface area contributed by atoms with Gasteiger partial charge in [0.25, 0.3) is 0 Å². The number of amides is 3. The van der Waals surface area contributed by atoms with E-state index in [0.29, 0.717) is 25.9 Å². The van der Waals surface area contributed by atoms with Gasteiger partial charge in [0, 0.05) is 39.6 Å². The molecule has 0 aliphatic carbocycles. The summed E-state index contributed by atoms with van der Waals surface area (Å²) in [5, 5.41) is 2.61. The fourth-order valence-electron chi connectivity index (χ4n) is 3.26. The summed E-state index contributed by atoms with van der Waals surface area (Å²) < 4.78 is 45.6. The van der Waals surface area contributed by atoms with Gasteiger partial charge in [-0.15, -0.1) is 0 Å². The first kappa shape index (κ1) is 22.8. The van der Waals surface area contributed by atoms with Gasteiger partial charge in [-0.25, -0.2) is 4.79 Å². The molecular weight excluding hydrogens is 387 g/mol. The standard InChI is InChI=1S/C20H28F3N3O3/c1-13(2)29-16-6-5-15(17(11-16)20(21,22)23)12-24-18(27)14-7-9-26(10-8-14)19(28)25(3)4/h5-6,11,13-14H,7-10,12H2,1-4H3,(H,24,27). The van der Waals surface area contributed by atoms with Crippen LogP contribution in [-0.4, -0.2) is 55.0 Å². The number of nitrogens with one attached hydrogen (secondary N) is 1. The smallest absolute Gasteiger partial charge is 0.416 e. The van der Waals surface area contributed by atoms with Crippen LogP contribution in [-0.2, 0) is 17.5 Å². The molecule has 162 valence electrons. The summed E-state index contributed by atoms with van der Waals surface area (Å²) in [6.07, 6.45) is -3.82. The molecule has 1 aliphatic heterocycles. The third-order valence-corrected chi connectivity index (χ3v) is 4.73. The van der Waals surface area contributed by atoms with E-state index in [1.807, 2.05) is 0 Å². The zero-order chi connectivity index (χ0) is 21.8. The van der Waals surface area contributed by atoms with Crippen molar-refractivity contribution in [2.24, 2.45) is 5.92 Å². The molecule has 6 nitrogen and oxygen atoms in total. The van der Waals surface area contributed by atoms with Crippen molar-refractivity contribution < 1.29 is 27.5 Å². The second-order valence-electron chi connectivity index (χ2n) is 7.64. The fourth-order valence-corrected chi connectivity index (χ4v) is 3.26. The second-order valence-corrected chi connectivity index (χ2v) is 7.64. The number of alkyl halides is 3. The summed E-state index contributed by atoms with van der Waals surface area (Å²) in [4.78, 5) is 27.5. The number of rotatable bonds is 5. The molecule has 1 saturated heterocycles. The molecule has 0 radical (unpaired) electrons. The molecule has 0 atom stereocenters. The molecule has 29 heavy (non-hydrogen) atoms. The van der Waals surface area contributed by atoms with Gasteiger partial charge in [-0.05, 0) is 44.4 Å². The molecule has 0 unspecified atom stereocenters. The number of piperidine rings is 1. The molecular formula is C20H28F3N3O3. The first-order valence-corrected chi connectivity index (χ1v) is 9.59. The molecule has 1 N–H and O–H groups in total. The molecule has 0 spiro atoms. The normalized spacial score (nSPS) is 15.4. The van der Waals surface area contributed by atoms with E-state index in [1.165, 1.54) is 17.0 Å². The van der Waals surface area contributed by atoms with Crippen LogP contribution in [0.2, 0.25) is 0 Å². The van der Waals surface area contributed by atoms with Gasteiger partial charge in [0.05, 0.1) is 11.7 Å². The van der Waals surface area contributed by atoms with E-state index >= 15 is 0 Å². The Bertz CT molecular complexity index is 727. The van der Waals surface area contributed by atoms with Gasteiger partial charge in [0.2, 0.25) is 5.91 Å². The van der Waals surface area contributed by atoms with Gasteiger partial charge < -0.3 is 19.9 Å². The van der Waals surface area contributed by atoms with Gasteiger partial charge in [0.15, 0.2) is 0 Å². The van der Waals surface area contributed by atoms with Crippen molar-refractivity contribution in [3.8, 4) is 5.75 Å². The van der Waals surface area contributed by atoms with Crippen molar-refractivity contribution in [1.82, 2.24) is 15.1 Å². The van der Waals surface area contributed by atoms with Crippen molar-refractivity contribution in [3.63, 3.8) is 0 Å². The van der Waals surface area contributed by atoms with E-state index in [-0.39, 0.29) is 41.8 Å². The molecule has 1 heterocycles. The number of nitrogens with zero attached hydrogens (tertiary/aromatic N) is 2. The van der Waals surface area contributed by atoms with Gasteiger partial charge in [-0.3, -0.25) is 4.79 Å². The van der Waals surface area contributed by atoms with E-state index in [2.05, 4.69) is 5.32 Å². The number of urea groups is 1. The molecule has 0 saturated carbocycles. The summed E-state index contributed by atoms with van der Waals surface area (Å²) >= 11 is 0. The lowest BCUT2D eigenvalue weighted by molar-refractivity contribution is -0.138. The topological polar surface area (TPSA) is 61.9 Å². The van der Waals surface area contributed by atoms with E-state index in [9.17, 15) is 22.8 Å². The summed E-state index contributed by atoms with van der Waals surface area (Å²) in [6, 6.07) is 3.66. The number of halogens is 3. The molecule has 0 bridgehead atoms. The Balaban J connectivity index is 1.99. The minimum atomic E-state index is -4.55. The highest BCUT2D eigenvalue weighted by Crippen LogP contribution is 2.34. The summed E-state index contributed by atoms with van der Waals surface area (Å²) in [5.41, 5.74) is -0.829. The highest BCUT2D eigenvalue weighted by Gasteiger charge is 2.34. The predicted octanol–water partition coefficient (Wildman–Crippen LogP) is 3.50. The van der Waals surface area contributed by atoms with Crippen LogP contribution in [0, 0.1) is 5.92 Å². The predicted molar refractivity (Wildman–Crippen MR) is 102 cm³/mol. The Hall–Kier alpha value is -2.45. The van der Waals surface area contributed by atoms with E-state index in [1.54, 1.807) is 32.8 Å². The van der Waals surface area contributed by atoms with Crippen molar-refractivity contribution in [2.45, 2.75) is 45.5 Å². The van der Waals surface area contributed by atoms with Crippen molar-refractivity contribution in [1.29, 1.82) is 0 Å². The highest BCUT2D eigenvalue weighted by atomic mass is 19.4. The van der Waals surface area contributed by atoms with E-state index in [4.69, 9.17) is 4.74 Å². The third kappa shape index (κ3) is 6.27.